The van der Waals surface area contributed by atoms with Crippen LogP contribution >= 0.6 is 11.6 Å². The molecule has 0 saturated heterocycles. The molecule has 4 heteroatoms. The maximum absolute atomic E-state index is 6.12. The Hall–Kier alpha value is -0.930. The van der Waals surface area contributed by atoms with Crippen molar-refractivity contribution < 1.29 is 9.47 Å². The van der Waals surface area contributed by atoms with Gasteiger partial charge < -0.3 is 15.2 Å². The van der Waals surface area contributed by atoms with Gasteiger partial charge in [0.15, 0.2) is 11.5 Å². The molecule has 3 nitrogen and oxygen atoms in total. The van der Waals surface area contributed by atoms with Crippen LogP contribution < -0.4 is 15.2 Å². The molecule has 2 atom stereocenters. The highest BCUT2D eigenvalue weighted by molar-refractivity contribution is 6.30. The van der Waals surface area contributed by atoms with Gasteiger partial charge in [0.25, 0.3) is 0 Å². The van der Waals surface area contributed by atoms with Gasteiger partial charge in [-0.25, -0.2) is 0 Å². The van der Waals surface area contributed by atoms with Gasteiger partial charge in [-0.15, -0.1) is 0 Å². The molecule has 1 rings (SSSR count). The first-order chi connectivity index (χ1) is 9.01. The van der Waals surface area contributed by atoms with Gasteiger partial charge in [-0.1, -0.05) is 25.4 Å². The van der Waals surface area contributed by atoms with Crippen molar-refractivity contribution in [2.45, 2.75) is 52.2 Å². The van der Waals surface area contributed by atoms with E-state index in [4.69, 9.17) is 26.8 Å². The fraction of sp³-hybridized carbons (Fsp3) is 0.600. The molecule has 19 heavy (non-hydrogen) atoms. The van der Waals surface area contributed by atoms with Crippen LogP contribution in [0.25, 0.3) is 0 Å². The van der Waals surface area contributed by atoms with Crippen molar-refractivity contribution in [2.75, 3.05) is 7.11 Å². The number of nitrogens with two attached hydrogens (primary N) is 1. The first-order valence-electron chi connectivity index (χ1n) is 6.80. The molecule has 0 aliphatic rings. The smallest absolute Gasteiger partial charge is 0.164 e. The highest BCUT2D eigenvalue weighted by atomic mass is 35.5. The molecule has 0 radical (unpaired) electrons. The standard InChI is InChI=1S/C15H24ClNO2/c1-5-10(3)19-15-11(8-13(17)6-2)7-12(16)9-14(15)18-4/h7,9-10,13H,5-6,8,17H2,1-4H3. The van der Waals surface area contributed by atoms with E-state index in [9.17, 15) is 0 Å². The predicted octanol–water partition coefficient (Wildman–Crippen LogP) is 3.81. The van der Waals surface area contributed by atoms with Gasteiger partial charge in [-0.05, 0) is 32.3 Å². The normalized spacial score (nSPS) is 14.0. The highest BCUT2D eigenvalue weighted by Crippen LogP contribution is 2.36. The minimum Gasteiger partial charge on any atom is -0.493 e. The Morgan fingerprint density at radius 3 is 2.47 bits per heavy atom. The molecule has 0 bridgehead atoms. The van der Waals surface area contributed by atoms with E-state index in [-0.39, 0.29) is 12.1 Å². The summed E-state index contributed by atoms with van der Waals surface area (Å²) in [7, 11) is 1.62. The van der Waals surface area contributed by atoms with Crippen LogP contribution in [0, 0.1) is 0 Å². The van der Waals surface area contributed by atoms with Crippen LogP contribution in [-0.2, 0) is 6.42 Å². The molecule has 2 unspecified atom stereocenters. The third-order valence-electron chi connectivity index (χ3n) is 3.22. The van der Waals surface area contributed by atoms with Gasteiger partial charge in [0.05, 0.1) is 13.2 Å². The number of hydrogen-bond donors (Lipinski definition) is 1. The van der Waals surface area contributed by atoms with Crippen molar-refractivity contribution in [3.63, 3.8) is 0 Å². The average Bonchev–Trinajstić information content (AvgIpc) is 2.40. The van der Waals surface area contributed by atoms with Crippen LogP contribution in [0.4, 0.5) is 0 Å². The summed E-state index contributed by atoms with van der Waals surface area (Å²) < 4.78 is 11.4. The summed E-state index contributed by atoms with van der Waals surface area (Å²) in [5.74, 6) is 1.44. The Bertz CT molecular complexity index is 409. The van der Waals surface area contributed by atoms with Crippen molar-refractivity contribution in [3.8, 4) is 11.5 Å². The van der Waals surface area contributed by atoms with E-state index in [1.54, 1.807) is 13.2 Å². The predicted molar refractivity (Wildman–Crippen MR) is 80.4 cm³/mol. The number of ether oxygens (including phenoxy) is 2. The summed E-state index contributed by atoms with van der Waals surface area (Å²) in [6.45, 7) is 6.20. The van der Waals surface area contributed by atoms with Crippen LogP contribution in [0.2, 0.25) is 5.02 Å². The molecule has 0 aromatic heterocycles. The first-order valence-corrected chi connectivity index (χ1v) is 7.18. The second-order valence-corrected chi connectivity index (χ2v) is 5.24. The molecule has 0 heterocycles. The lowest BCUT2D eigenvalue weighted by Crippen LogP contribution is -2.22. The van der Waals surface area contributed by atoms with E-state index in [1.165, 1.54) is 0 Å². The Morgan fingerprint density at radius 2 is 1.95 bits per heavy atom. The summed E-state index contributed by atoms with van der Waals surface area (Å²) in [5, 5.41) is 0.645. The third kappa shape index (κ3) is 4.59. The number of rotatable bonds is 7. The van der Waals surface area contributed by atoms with Crippen LogP contribution in [0.5, 0.6) is 11.5 Å². The maximum Gasteiger partial charge on any atom is 0.164 e. The monoisotopic (exact) mass is 285 g/mol. The lowest BCUT2D eigenvalue weighted by Gasteiger charge is -2.20. The van der Waals surface area contributed by atoms with E-state index in [0.29, 0.717) is 10.8 Å². The molecule has 0 aliphatic carbocycles. The SMILES string of the molecule is CCC(N)Cc1cc(Cl)cc(OC)c1OC(C)CC. The van der Waals surface area contributed by atoms with E-state index in [1.807, 2.05) is 13.0 Å². The fourth-order valence-corrected chi connectivity index (χ4v) is 2.00. The molecular formula is C15H24ClNO2. The topological polar surface area (TPSA) is 44.5 Å². The molecular weight excluding hydrogens is 262 g/mol. The van der Waals surface area contributed by atoms with Gasteiger partial charge in [0.1, 0.15) is 0 Å². The molecule has 0 aliphatic heterocycles. The molecule has 0 saturated carbocycles. The van der Waals surface area contributed by atoms with Crippen molar-refractivity contribution in [2.24, 2.45) is 5.73 Å². The minimum absolute atomic E-state index is 0.0995. The van der Waals surface area contributed by atoms with Gasteiger partial charge in [-0.3, -0.25) is 0 Å². The minimum atomic E-state index is 0.0995. The summed E-state index contributed by atoms with van der Waals surface area (Å²) in [6, 6.07) is 3.79. The van der Waals surface area contributed by atoms with Gasteiger partial charge >= 0.3 is 0 Å². The zero-order chi connectivity index (χ0) is 14.4. The van der Waals surface area contributed by atoms with Crippen molar-refractivity contribution in [1.82, 2.24) is 0 Å². The summed E-state index contributed by atoms with van der Waals surface area (Å²) in [6.07, 6.45) is 2.72. The maximum atomic E-state index is 6.12. The van der Waals surface area contributed by atoms with E-state index in [0.717, 1.165) is 30.6 Å². The van der Waals surface area contributed by atoms with Gasteiger partial charge in [0, 0.05) is 22.7 Å². The van der Waals surface area contributed by atoms with E-state index in [2.05, 4.69) is 13.8 Å². The van der Waals surface area contributed by atoms with Crippen molar-refractivity contribution >= 4 is 11.6 Å². The molecule has 108 valence electrons. The molecule has 1 aromatic carbocycles. The third-order valence-corrected chi connectivity index (χ3v) is 3.44. The zero-order valence-electron chi connectivity index (χ0n) is 12.2. The number of benzene rings is 1. The fourth-order valence-electron chi connectivity index (χ4n) is 1.77. The number of halogens is 1. The largest absolute Gasteiger partial charge is 0.493 e. The lowest BCUT2D eigenvalue weighted by atomic mass is 10.0. The molecule has 1 aromatic rings. The lowest BCUT2D eigenvalue weighted by molar-refractivity contribution is 0.205. The number of hydrogen-bond acceptors (Lipinski definition) is 3. The van der Waals surface area contributed by atoms with Gasteiger partial charge in [-0.2, -0.15) is 0 Å². The number of methoxy groups -OCH3 is 1. The molecule has 0 spiro atoms. The zero-order valence-corrected chi connectivity index (χ0v) is 13.0. The second kappa shape index (κ2) is 7.61. The quantitative estimate of drug-likeness (QED) is 0.828. The highest BCUT2D eigenvalue weighted by Gasteiger charge is 2.16. The molecule has 2 N–H and O–H groups in total. The van der Waals surface area contributed by atoms with Crippen LogP contribution in [0.15, 0.2) is 12.1 Å². The first kappa shape index (κ1) is 16.1. The second-order valence-electron chi connectivity index (χ2n) is 4.81. The van der Waals surface area contributed by atoms with Crippen LogP contribution in [-0.4, -0.2) is 19.3 Å². The summed E-state index contributed by atoms with van der Waals surface area (Å²) in [5.41, 5.74) is 7.05. The average molecular weight is 286 g/mol. The van der Waals surface area contributed by atoms with E-state index < -0.39 is 0 Å². The van der Waals surface area contributed by atoms with Crippen LogP contribution in [0.3, 0.4) is 0 Å². The molecule has 0 fully saturated rings. The Kier molecular flexibility index (Phi) is 6.46. The van der Waals surface area contributed by atoms with Crippen LogP contribution in [0.1, 0.15) is 39.2 Å². The Morgan fingerprint density at radius 1 is 1.26 bits per heavy atom. The molecule has 0 amide bonds. The van der Waals surface area contributed by atoms with Gasteiger partial charge in [0.2, 0.25) is 0 Å². The Labute approximate surface area is 121 Å². The Balaban J connectivity index is 3.13. The summed E-state index contributed by atoms with van der Waals surface area (Å²) >= 11 is 6.12. The van der Waals surface area contributed by atoms with Crippen molar-refractivity contribution in [1.29, 1.82) is 0 Å². The van der Waals surface area contributed by atoms with E-state index >= 15 is 0 Å². The van der Waals surface area contributed by atoms with Crippen molar-refractivity contribution in [3.05, 3.63) is 22.7 Å². The summed E-state index contributed by atoms with van der Waals surface area (Å²) in [4.78, 5) is 0.